The molecule has 0 aliphatic carbocycles. The molecule has 0 bridgehead atoms. The monoisotopic (exact) mass is 242 g/mol. The molecule has 17 heavy (non-hydrogen) atoms. The molecule has 0 aromatic heterocycles. The summed E-state index contributed by atoms with van der Waals surface area (Å²) in [6.45, 7) is 7.42. The Bertz CT molecular complexity index is 287. The van der Waals surface area contributed by atoms with E-state index in [1.807, 2.05) is 20.8 Å². The third-order valence-corrected chi connectivity index (χ3v) is 3.35. The molecule has 1 rings (SSSR count). The largest absolute Gasteiger partial charge is 0.467 e. The lowest BCUT2D eigenvalue weighted by Crippen LogP contribution is -2.53. The third-order valence-electron chi connectivity index (χ3n) is 3.35. The maximum atomic E-state index is 12.0. The molecule has 0 aromatic rings. The van der Waals surface area contributed by atoms with E-state index in [9.17, 15) is 9.59 Å². The van der Waals surface area contributed by atoms with Crippen molar-refractivity contribution >= 4 is 11.9 Å². The Labute approximate surface area is 102 Å². The van der Waals surface area contributed by atoms with Crippen LogP contribution in [0.15, 0.2) is 0 Å². The van der Waals surface area contributed by atoms with Gasteiger partial charge in [-0.05, 0) is 24.9 Å². The van der Waals surface area contributed by atoms with Crippen molar-refractivity contribution in [2.45, 2.75) is 26.8 Å². The Kier molecular flexibility index (Phi) is 4.93. The predicted molar refractivity (Wildman–Crippen MR) is 64.3 cm³/mol. The minimum Gasteiger partial charge on any atom is -0.467 e. The first-order valence-electron chi connectivity index (χ1n) is 6.06. The van der Waals surface area contributed by atoms with Gasteiger partial charge in [-0.25, -0.2) is 4.79 Å². The zero-order chi connectivity index (χ0) is 13.0. The predicted octanol–water partition coefficient (Wildman–Crippen LogP) is 0.156. The van der Waals surface area contributed by atoms with E-state index in [1.54, 1.807) is 0 Å². The second kappa shape index (κ2) is 6.00. The van der Waals surface area contributed by atoms with Crippen molar-refractivity contribution < 1.29 is 14.3 Å². The van der Waals surface area contributed by atoms with E-state index in [-0.39, 0.29) is 23.7 Å². The lowest BCUT2D eigenvalue weighted by molar-refractivity contribution is -0.147. The van der Waals surface area contributed by atoms with Crippen molar-refractivity contribution in [3.63, 3.8) is 0 Å². The van der Waals surface area contributed by atoms with Gasteiger partial charge in [0.25, 0.3) is 0 Å². The van der Waals surface area contributed by atoms with Crippen LogP contribution in [-0.2, 0) is 14.3 Å². The summed E-state index contributed by atoms with van der Waals surface area (Å²) in [6.07, 6.45) is 0. The molecule has 1 heterocycles. The topological polar surface area (TPSA) is 67.4 Å². The Balaban J connectivity index is 2.53. The number of methoxy groups -OCH3 is 1. The van der Waals surface area contributed by atoms with Crippen LogP contribution in [0.25, 0.3) is 0 Å². The molecule has 0 saturated carbocycles. The van der Waals surface area contributed by atoms with Gasteiger partial charge in [-0.1, -0.05) is 20.8 Å². The number of esters is 1. The maximum absolute atomic E-state index is 12.0. The summed E-state index contributed by atoms with van der Waals surface area (Å²) >= 11 is 0. The quantitative estimate of drug-likeness (QED) is 0.674. The fourth-order valence-corrected chi connectivity index (χ4v) is 1.79. The van der Waals surface area contributed by atoms with Crippen LogP contribution < -0.4 is 10.6 Å². The van der Waals surface area contributed by atoms with Gasteiger partial charge in [0.2, 0.25) is 5.91 Å². The molecular weight excluding hydrogens is 220 g/mol. The summed E-state index contributed by atoms with van der Waals surface area (Å²) in [5, 5.41) is 5.91. The van der Waals surface area contributed by atoms with Crippen molar-refractivity contribution in [1.82, 2.24) is 10.6 Å². The molecule has 1 amide bonds. The molecule has 5 heteroatoms. The van der Waals surface area contributed by atoms with Gasteiger partial charge in [-0.3, -0.25) is 4.79 Å². The molecule has 98 valence electrons. The van der Waals surface area contributed by atoms with Gasteiger partial charge in [0.1, 0.15) is 6.04 Å². The molecule has 0 radical (unpaired) electrons. The zero-order valence-corrected chi connectivity index (χ0v) is 10.9. The van der Waals surface area contributed by atoms with Crippen LogP contribution in [0.3, 0.4) is 0 Å². The highest BCUT2D eigenvalue weighted by Crippen LogP contribution is 2.16. The zero-order valence-electron chi connectivity index (χ0n) is 10.9. The van der Waals surface area contributed by atoms with Gasteiger partial charge < -0.3 is 15.4 Å². The number of rotatable bonds is 5. The standard InChI is InChI=1S/C12H22N2O3/c1-7(2)10(12(16)17-4)14-11(15)8(3)9-5-13-6-9/h7-10,13H,5-6H2,1-4H3,(H,14,15)/t8?,10-/m0/s1. The second-order valence-corrected chi connectivity index (χ2v) is 4.96. The van der Waals surface area contributed by atoms with Gasteiger partial charge >= 0.3 is 5.97 Å². The average molecular weight is 242 g/mol. The van der Waals surface area contributed by atoms with E-state index < -0.39 is 6.04 Å². The van der Waals surface area contributed by atoms with Gasteiger partial charge in [0, 0.05) is 5.92 Å². The van der Waals surface area contributed by atoms with Crippen molar-refractivity contribution in [3.05, 3.63) is 0 Å². The van der Waals surface area contributed by atoms with Gasteiger partial charge in [-0.2, -0.15) is 0 Å². The number of ether oxygens (including phenoxy) is 1. The van der Waals surface area contributed by atoms with Crippen molar-refractivity contribution in [2.24, 2.45) is 17.8 Å². The van der Waals surface area contributed by atoms with Gasteiger partial charge in [-0.15, -0.1) is 0 Å². The lowest BCUT2D eigenvalue weighted by atomic mass is 9.88. The third kappa shape index (κ3) is 3.43. The molecule has 1 aliphatic rings. The Morgan fingerprint density at radius 2 is 1.88 bits per heavy atom. The van der Waals surface area contributed by atoms with Gasteiger partial charge in [0.05, 0.1) is 7.11 Å². The number of hydrogen-bond donors (Lipinski definition) is 2. The van der Waals surface area contributed by atoms with E-state index in [0.29, 0.717) is 5.92 Å². The molecule has 2 atom stereocenters. The molecule has 5 nitrogen and oxygen atoms in total. The second-order valence-electron chi connectivity index (χ2n) is 4.96. The number of carbonyl (C=O) groups is 2. The fraction of sp³-hybridized carbons (Fsp3) is 0.833. The average Bonchev–Trinajstić information content (AvgIpc) is 2.21. The molecule has 0 aromatic carbocycles. The lowest BCUT2D eigenvalue weighted by Gasteiger charge is -2.32. The fourth-order valence-electron chi connectivity index (χ4n) is 1.79. The number of amides is 1. The summed E-state index contributed by atoms with van der Waals surface area (Å²) in [5.74, 6) is -0.117. The minimum absolute atomic E-state index is 0.0260. The molecule has 1 saturated heterocycles. The maximum Gasteiger partial charge on any atom is 0.328 e. The van der Waals surface area contributed by atoms with Crippen LogP contribution in [0.1, 0.15) is 20.8 Å². The minimum atomic E-state index is -0.553. The van der Waals surface area contributed by atoms with E-state index >= 15 is 0 Å². The molecular formula is C12H22N2O3. The van der Waals surface area contributed by atoms with Crippen molar-refractivity contribution in [3.8, 4) is 0 Å². The summed E-state index contributed by atoms with van der Waals surface area (Å²) < 4.78 is 4.69. The first-order chi connectivity index (χ1) is 7.97. The Hall–Kier alpha value is -1.10. The number of hydrogen-bond acceptors (Lipinski definition) is 4. The van der Waals surface area contributed by atoms with E-state index in [1.165, 1.54) is 7.11 Å². The SMILES string of the molecule is COC(=O)[C@@H](NC(=O)C(C)C1CNC1)C(C)C. The number of carbonyl (C=O) groups excluding carboxylic acids is 2. The first kappa shape index (κ1) is 14.0. The van der Waals surface area contributed by atoms with Crippen LogP contribution in [-0.4, -0.2) is 38.1 Å². The van der Waals surface area contributed by atoms with E-state index in [0.717, 1.165) is 13.1 Å². The Morgan fingerprint density at radius 3 is 2.24 bits per heavy atom. The molecule has 1 aliphatic heterocycles. The number of nitrogens with one attached hydrogen (secondary N) is 2. The summed E-state index contributed by atoms with van der Waals surface area (Å²) in [4.78, 5) is 23.5. The summed E-state index contributed by atoms with van der Waals surface area (Å²) in [5.41, 5.74) is 0. The van der Waals surface area contributed by atoms with Crippen LogP contribution in [0.4, 0.5) is 0 Å². The highest BCUT2D eigenvalue weighted by molar-refractivity contribution is 5.85. The highest BCUT2D eigenvalue weighted by atomic mass is 16.5. The van der Waals surface area contributed by atoms with Crippen LogP contribution in [0.2, 0.25) is 0 Å². The summed E-state index contributed by atoms with van der Waals surface area (Å²) in [7, 11) is 1.34. The summed E-state index contributed by atoms with van der Waals surface area (Å²) in [6, 6.07) is -0.553. The van der Waals surface area contributed by atoms with Gasteiger partial charge in [0.15, 0.2) is 0 Å². The van der Waals surface area contributed by atoms with Crippen LogP contribution in [0, 0.1) is 17.8 Å². The normalized spacial score (nSPS) is 19.4. The van der Waals surface area contributed by atoms with Crippen LogP contribution in [0.5, 0.6) is 0 Å². The molecule has 2 N–H and O–H groups in total. The first-order valence-corrected chi connectivity index (χ1v) is 6.06. The highest BCUT2D eigenvalue weighted by Gasteiger charge is 2.32. The molecule has 1 unspecified atom stereocenters. The Morgan fingerprint density at radius 1 is 1.29 bits per heavy atom. The van der Waals surface area contributed by atoms with E-state index in [2.05, 4.69) is 15.4 Å². The van der Waals surface area contributed by atoms with Crippen molar-refractivity contribution in [2.75, 3.05) is 20.2 Å². The molecule has 0 spiro atoms. The van der Waals surface area contributed by atoms with Crippen molar-refractivity contribution in [1.29, 1.82) is 0 Å². The van der Waals surface area contributed by atoms with E-state index in [4.69, 9.17) is 0 Å². The van der Waals surface area contributed by atoms with Crippen LogP contribution >= 0.6 is 0 Å². The smallest absolute Gasteiger partial charge is 0.328 e. The molecule has 1 fully saturated rings.